The standard InChI is InChI=1S/C28H25NO.ClH/c1-2-3-19-29-20-21-11-13-22(14-12-21)23-15-17-25(18-16-23)28(30)27-10-6-8-24-7-4-5-9-26(24)27;/h2,4-18,29H,1,3,19-20H2;1H. The SMILES string of the molecule is C=CCCNCc1ccc(-c2ccc(C(=O)c3cccc4ccccc34)cc2)cc1.Cl. The predicted molar refractivity (Wildman–Crippen MR) is 133 cm³/mol. The van der Waals surface area contributed by atoms with E-state index in [1.54, 1.807) is 0 Å². The van der Waals surface area contributed by atoms with Gasteiger partial charge in [0.25, 0.3) is 0 Å². The molecule has 31 heavy (non-hydrogen) atoms. The lowest BCUT2D eigenvalue weighted by atomic mass is 9.95. The van der Waals surface area contributed by atoms with Gasteiger partial charge < -0.3 is 5.32 Å². The van der Waals surface area contributed by atoms with Gasteiger partial charge in [0.1, 0.15) is 0 Å². The Morgan fingerprint density at radius 1 is 0.806 bits per heavy atom. The second-order valence-electron chi connectivity index (χ2n) is 7.38. The maximum atomic E-state index is 13.1. The van der Waals surface area contributed by atoms with Crippen molar-refractivity contribution in [1.29, 1.82) is 0 Å². The molecule has 0 radical (unpaired) electrons. The third-order valence-electron chi connectivity index (χ3n) is 5.32. The number of carbonyl (C=O) groups excluding carboxylic acids is 1. The average Bonchev–Trinajstić information content (AvgIpc) is 2.81. The Morgan fingerprint density at radius 2 is 1.45 bits per heavy atom. The number of hydrogen-bond donors (Lipinski definition) is 1. The molecule has 0 fully saturated rings. The second kappa shape index (κ2) is 10.7. The van der Waals surface area contributed by atoms with Crippen molar-refractivity contribution in [2.24, 2.45) is 0 Å². The summed E-state index contributed by atoms with van der Waals surface area (Å²) in [5.74, 6) is 0.0549. The van der Waals surface area contributed by atoms with E-state index in [1.165, 1.54) is 5.56 Å². The number of rotatable bonds is 8. The Morgan fingerprint density at radius 3 is 2.16 bits per heavy atom. The van der Waals surface area contributed by atoms with Crippen LogP contribution in [0.5, 0.6) is 0 Å². The van der Waals surface area contributed by atoms with Gasteiger partial charge in [-0.3, -0.25) is 4.79 Å². The maximum Gasteiger partial charge on any atom is 0.193 e. The van der Waals surface area contributed by atoms with Crippen LogP contribution in [0.15, 0.2) is 104 Å². The molecule has 0 aromatic heterocycles. The van der Waals surface area contributed by atoms with Crippen molar-refractivity contribution in [3.8, 4) is 11.1 Å². The maximum absolute atomic E-state index is 13.1. The molecule has 4 aromatic rings. The van der Waals surface area contributed by atoms with Crippen LogP contribution in [-0.4, -0.2) is 12.3 Å². The predicted octanol–water partition coefficient (Wildman–Crippen LogP) is 6.83. The Hall–Kier alpha value is -3.20. The highest BCUT2D eigenvalue weighted by Gasteiger charge is 2.12. The minimum Gasteiger partial charge on any atom is -0.312 e. The zero-order valence-corrected chi connectivity index (χ0v) is 18.2. The Bertz CT molecular complexity index is 1160. The molecule has 0 bridgehead atoms. The first-order chi connectivity index (χ1) is 14.8. The molecule has 3 heteroatoms. The first-order valence-electron chi connectivity index (χ1n) is 10.3. The molecule has 0 saturated carbocycles. The molecule has 4 aromatic carbocycles. The molecule has 0 unspecified atom stereocenters. The van der Waals surface area contributed by atoms with Gasteiger partial charge in [-0.05, 0) is 40.4 Å². The molecule has 0 amide bonds. The van der Waals surface area contributed by atoms with Gasteiger partial charge in [0.2, 0.25) is 0 Å². The van der Waals surface area contributed by atoms with Crippen molar-refractivity contribution in [2.75, 3.05) is 6.54 Å². The third-order valence-corrected chi connectivity index (χ3v) is 5.32. The number of nitrogens with one attached hydrogen (secondary N) is 1. The number of ketones is 1. The zero-order chi connectivity index (χ0) is 20.8. The van der Waals surface area contributed by atoms with Crippen LogP contribution < -0.4 is 5.32 Å². The number of hydrogen-bond acceptors (Lipinski definition) is 2. The van der Waals surface area contributed by atoms with E-state index >= 15 is 0 Å². The lowest BCUT2D eigenvalue weighted by molar-refractivity contribution is 0.104. The van der Waals surface area contributed by atoms with E-state index in [0.717, 1.165) is 47.0 Å². The second-order valence-corrected chi connectivity index (χ2v) is 7.38. The summed E-state index contributed by atoms with van der Waals surface area (Å²) in [6.07, 6.45) is 2.90. The molecule has 156 valence electrons. The Balaban J connectivity index is 0.00000272. The van der Waals surface area contributed by atoms with Crippen molar-refractivity contribution in [1.82, 2.24) is 5.32 Å². The third kappa shape index (κ3) is 5.29. The largest absolute Gasteiger partial charge is 0.312 e. The van der Waals surface area contributed by atoms with Crippen molar-refractivity contribution >= 4 is 29.0 Å². The molecular weight excluding hydrogens is 402 g/mol. The number of benzene rings is 4. The van der Waals surface area contributed by atoms with Crippen molar-refractivity contribution in [3.63, 3.8) is 0 Å². The highest BCUT2D eigenvalue weighted by atomic mass is 35.5. The van der Waals surface area contributed by atoms with E-state index in [4.69, 9.17) is 0 Å². The minimum absolute atomic E-state index is 0. The molecule has 0 aliphatic heterocycles. The van der Waals surface area contributed by atoms with Gasteiger partial charge in [-0.15, -0.1) is 19.0 Å². The monoisotopic (exact) mass is 427 g/mol. The van der Waals surface area contributed by atoms with E-state index in [1.807, 2.05) is 72.8 Å². The van der Waals surface area contributed by atoms with Crippen molar-refractivity contribution in [2.45, 2.75) is 13.0 Å². The lowest BCUT2D eigenvalue weighted by Gasteiger charge is -2.08. The summed E-state index contributed by atoms with van der Waals surface area (Å²) in [5, 5.41) is 5.48. The van der Waals surface area contributed by atoms with E-state index in [9.17, 15) is 4.79 Å². The summed E-state index contributed by atoms with van der Waals surface area (Å²) in [7, 11) is 0. The van der Waals surface area contributed by atoms with E-state index in [2.05, 4.69) is 36.2 Å². The molecule has 1 N–H and O–H groups in total. The van der Waals surface area contributed by atoms with Gasteiger partial charge in [0.05, 0.1) is 0 Å². The summed E-state index contributed by atoms with van der Waals surface area (Å²) in [4.78, 5) is 13.1. The van der Waals surface area contributed by atoms with Gasteiger partial charge in [0.15, 0.2) is 5.78 Å². The van der Waals surface area contributed by atoms with Crippen LogP contribution in [0, 0.1) is 0 Å². The topological polar surface area (TPSA) is 29.1 Å². The van der Waals surface area contributed by atoms with Crippen LogP contribution in [0.3, 0.4) is 0 Å². The van der Waals surface area contributed by atoms with Crippen LogP contribution in [0.1, 0.15) is 27.9 Å². The van der Waals surface area contributed by atoms with Gasteiger partial charge >= 0.3 is 0 Å². The first kappa shape index (κ1) is 22.5. The first-order valence-corrected chi connectivity index (χ1v) is 10.3. The molecular formula is C28H26ClNO. The van der Waals surface area contributed by atoms with Crippen LogP contribution >= 0.6 is 12.4 Å². The van der Waals surface area contributed by atoms with Gasteiger partial charge in [-0.25, -0.2) is 0 Å². The summed E-state index contributed by atoms with van der Waals surface area (Å²) >= 11 is 0. The molecule has 0 spiro atoms. The number of fused-ring (bicyclic) bond motifs is 1. The molecule has 0 heterocycles. The number of carbonyl (C=O) groups is 1. The van der Waals surface area contributed by atoms with Gasteiger partial charge in [-0.1, -0.05) is 97.1 Å². The van der Waals surface area contributed by atoms with Crippen LogP contribution in [0.25, 0.3) is 21.9 Å². The smallest absolute Gasteiger partial charge is 0.193 e. The van der Waals surface area contributed by atoms with E-state index in [0.29, 0.717) is 5.56 Å². The summed E-state index contributed by atoms with van der Waals surface area (Å²) in [5.41, 5.74) is 4.96. The molecule has 2 nitrogen and oxygen atoms in total. The van der Waals surface area contributed by atoms with E-state index < -0.39 is 0 Å². The van der Waals surface area contributed by atoms with Crippen molar-refractivity contribution < 1.29 is 4.79 Å². The zero-order valence-electron chi connectivity index (χ0n) is 17.4. The number of halogens is 1. The average molecular weight is 428 g/mol. The van der Waals surface area contributed by atoms with Crippen molar-refractivity contribution in [3.05, 3.63) is 120 Å². The Labute approximate surface area is 190 Å². The lowest BCUT2D eigenvalue weighted by Crippen LogP contribution is -2.13. The van der Waals surface area contributed by atoms with Crippen LogP contribution in [-0.2, 0) is 6.54 Å². The summed E-state index contributed by atoms with van der Waals surface area (Å²) < 4.78 is 0. The highest BCUT2D eigenvalue weighted by molar-refractivity contribution is 6.16. The quantitative estimate of drug-likeness (QED) is 0.190. The van der Waals surface area contributed by atoms with Gasteiger partial charge in [-0.2, -0.15) is 0 Å². The fourth-order valence-corrected chi connectivity index (χ4v) is 3.64. The molecule has 4 rings (SSSR count). The Kier molecular flexibility index (Phi) is 7.77. The molecule has 0 atom stereocenters. The molecule has 0 saturated heterocycles. The fraction of sp³-hybridized carbons (Fsp3) is 0.107. The summed E-state index contributed by atoms with van der Waals surface area (Å²) in [6, 6.07) is 30.3. The van der Waals surface area contributed by atoms with Crippen LogP contribution in [0.2, 0.25) is 0 Å². The summed E-state index contributed by atoms with van der Waals surface area (Å²) in [6.45, 7) is 5.53. The van der Waals surface area contributed by atoms with E-state index in [-0.39, 0.29) is 18.2 Å². The highest BCUT2D eigenvalue weighted by Crippen LogP contribution is 2.24. The van der Waals surface area contributed by atoms with Crippen LogP contribution in [0.4, 0.5) is 0 Å². The minimum atomic E-state index is 0. The normalized spacial score (nSPS) is 10.5. The molecule has 0 aliphatic rings. The molecule has 0 aliphatic carbocycles. The van der Waals surface area contributed by atoms with Gasteiger partial charge in [0, 0.05) is 17.7 Å². The fourth-order valence-electron chi connectivity index (χ4n) is 3.64.